The number of hydrogen-bond acceptors (Lipinski definition) is 1. The largest absolute Gasteiger partial charge is 0.329 e. The smallest absolute Gasteiger partial charge is 0.248 e. The Morgan fingerprint density at radius 3 is 2.75 bits per heavy atom. The normalized spacial score (nSPS) is 10.7. The lowest BCUT2D eigenvalue weighted by Gasteiger charge is -2.06. The van der Waals surface area contributed by atoms with Crippen molar-refractivity contribution in [2.75, 3.05) is 0 Å². The molecule has 0 aliphatic rings. The molecular formula is C10H15NO. The van der Waals surface area contributed by atoms with E-state index in [1.165, 1.54) is 5.56 Å². The van der Waals surface area contributed by atoms with E-state index in [0.717, 1.165) is 12.0 Å². The lowest BCUT2D eigenvalue weighted by atomic mass is 10.0. The van der Waals surface area contributed by atoms with Gasteiger partial charge in [-0.1, -0.05) is 13.8 Å². The number of hydrogen-bond donors (Lipinski definition) is 1. The molecule has 0 aromatic carbocycles. The first-order chi connectivity index (χ1) is 5.59. The van der Waals surface area contributed by atoms with Crippen LogP contribution in [0, 0.1) is 12.8 Å². The summed E-state index contributed by atoms with van der Waals surface area (Å²) in [6.45, 7) is 6.33. The van der Waals surface area contributed by atoms with Gasteiger partial charge < -0.3 is 4.98 Å². The van der Waals surface area contributed by atoms with Gasteiger partial charge in [-0.25, -0.2) is 0 Å². The summed E-state index contributed by atoms with van der Waals surface area (Å²) in [6, 6.07) is 1.69. The van der Waals surface area contributed by atoms with E-state index in [0.29, 0.717) is 5.92 Å². The fourth-order valence-electron chi connectivity index (χ4n) is 1.25. The minimum Gasteiger partial charge on any atom is -0.329 e. The second-order valence-electron chi connectivity index (χ2n) is 3.60. The fourth-order valence-corrected chi connectivity index (χ4v) is 1.25. The molecule has 12 heavy (non-hydrogen) atoms. The van der Waals surface area contributed by atoms with E-state index in [9.17, 15) is 4.79 Å². The summed E-state index contributed by atoms with van der Waals surface area (Å²) in [7, 11) is 0. The Balaban J connectivity index is 2.97. The van der Waals surface area contributed by atoms with Crippen LogP contribution in [-0.4, -0.2) is 4.98 Å². The van der Waals surface area contributed by atoms with Crippen LogP contribution in [0.25, 0.3) is 0 Å². The van der Waals surface area contributed by atoms with Gasteiger partial charge in [-0.3, -0.25) is 4.79 Å². The van der Waals surface area contributed by atoms with Gasteiger partial charge in [-0.2, -0.15) is 0 Å². The highest BCUT2D eigenvalue weighted by atomic mass is 16.1. The van der Waals surface area contributed by atoms with Crippen molar-refractivity contribution in [3.63, 3.8) is 0 Å². The molecule has 1 aromatic heterocycles. The molecular weight excluding hydrogens is 150 g/mol. The van der Waals surface area contributed by atoms with Gasteiger partial charge in [0.15, 0.2) is 0 Å². The maximum absolute atomic E-state index is 11.0. The zero-order chi connectivity index (χ0) is 9.14. The molecule has 66 valence electrons. The molecule has 0 aliphatic carbocycles. The molecule has 0 unspecified atom stereocenters. The van der Waals surface area contributed by atoms with Gasteiger partial charge in [0.25, 0.3) is 0 Å². The average Bonchev–Trinajstić information content (AvgIpc) is 1.96. The number of nitrogens with one attached hydrogen (secondary N) is 1. The van der Waals surface area contributed by atoms with Crippen LogP contribution in [0.3, 0.4) is 0 Å². The minimum atomic E-state index is -0.00347. The molecule has 0 amide bonds. The van der Waals surface area contributed by atoms with Crippen LogP contribution in [0.5, 0.6) is 0 Å². The number of aromatic nitrogens is 1. The molecule has 1 aromatic rings. The van der Waals surface area contributed by atoms with Crippen LogP contribution in [-0.2, 0) is 6.42 Å². The van der Waals surface area contributed by atoms with Crippen molar-refractivity contribution in [1.29, 1.82) is 0 Å². The van der Waals surface area contributed by atoms with E-state index in [2.05, 4.69) is 18.8 Å². The van der Waals surface area contributed by atoms with Crippen LogP contribution < -0.4 is 5.56 Å². The number of rotatable bonds is 2. The first kappa shape index (κ1) is 9.04. The van der Waals surface area contributed by atoms with Crippen LogP contribution >= 0.6 is 0 Å². The molecule has 1 rings (SSSR count). The average molecular weight is 165 g/mol. The Hall–Kier alpha value is -1.05. The van der Waals surface area contributed by atoms with Crippen molar-refractivity contribution in [3.8, 4) is 0 Å². The summed E-state index contributed by atoms with van der Waals surface area (Å²) in [6.07, 6.45) is 2.76. The highest BCUT2D eigenvalue weighted by molar-refractivity contribution is 5.21. The van der Waals surface area contributed by atoms with E-state index in [1.807, 2.05) is 6.92 Å². The third-order valence-electron chi connectivity index (χ3n) is 1.87. The maximum Gasteiger partial charge on any atom is 0.248 e. The summed E-state index contributed by atoms with van der Waals surface area (Å²) in [4.78, 5) is 13.6. The molecule has 0 aliphatic heterocycles. The third kappa shape index (κ3) is 2.22. The highest BCUT2D eigenvalue weighted by Crippen LogP contribution is 2.09. The van der Waals surface area contributed by atoms with Gasteiger partial charge in [0.2, 0.25) is 5.56 Å². The molecule has 1 N–H and O–H groups in total. The fraction of sp³-hybridized carbons (Fsp3) is 0.500. The molecule has 0 bridgehead atoms. The quantitative estimate of drug-likeness (QED) is 0.713. The molecule has 0 saturated heterocycles. The van der Waals surface area contributed by atoms with Crippen molar-refractivity contribution < 1.29 is 0 Å². The number of aromatic amines is 1. The Kier molecular flexibility index (Phi) is 2.69. The predicted octanol–water partition coefficient (Wildman–Crippen LogP) is 1.88. The van der Waals surface area contributed by atoms with Crippen molar-refractivity contribution in [2.24, 2.45) is 5.92 Å². The summed E-state index contributed by atoms with van der Waals surface area (Å²) in [5, 5.41) is 0. The van der Waals surface area contributed by atoms with Crippen LogP contribution in [0.1, 0.15) is 25.0 Å². The first-order valence-corrected chi connectivity index (χ1v) is 4.28. The molecule has 0 atom stereocenters. The summed E-state index contributed by atoms with van der Waals surface area (Å²) in [5.41, 5.74) is 2.33. The van der Waals surface area contributed by atoms with Crippen molar-refractivity contribution >= 4 is 0 Å². The monoisotopic (exact) mass is 165 g/mol. The predicted molar refractivity (Wildman–Crippen MR) is 50.3 cm³/mol. The molecule has 0 radical (unpaired) electrons. The molecule has 2 heteroatoms. The second-order valence-corrected chi connectivity index (χ2v) is 3.60. The Labute approximate surface area is 72.6 Å². The standard InChI is InChI=1S/C10H15NO/c1-7(2)4-9-5-10(12)11-6-8(9)3/h5-7H,4H2,1-3H3,(H,11,12). The zero-order valence-corrected chi connectivity index (χ0v) is 7.85. The van der Waals surface area contributed by atoms with Crippen molar-refractivity contribution in [1.82, 2.24) is 4.98 Å². The SMILES string of the molecule is Cc1c[nH]c(=O)cc1CC(C)C. The van der Waals surface area contributed by atoms with E-state index >= 15 is 0 Å². The topological polar surface area (TPSA) is 32.9 Å². The Morgan fingerprint density at radius 2 is 2.17 bits per heavy atom. The maximum atomic E-state index is 11.0. The van der Waals surface area contributed by atoms with Crippen molar-refractivity contribution in [3.05, 3.63) is 33.7 Å². The summed E-state index contributed by atoms with van der Waals surface area (Å²) in [5.74, 6) is 0.602. The van der Waals surface area contributed by atoms with Gasteiger partial charge in [0.05, 0.1) is 0 Å². The minimum absolute atomic E-state index is 0.00347. The van der Waals surface area contributed by atoms with Crippen molar-refractivity contribution in [2.45, 2.75) is 27.2 Å². The number of H-pyrrole nitrogens is 1. The van der Waals surface area contributed by atoms with E-state index in [1.54, 1.807) is 12.3 Å². The summed E-state index contributed by atoms with van der Waals surface area (Å²) >= 11 is 0. The first-order valence-electron chi connectivity index (χ1n) is 4.28. The number of pyridine rings is 1. The van der Waals surface area contributed by atoms with Gasteiger partial charge in [-0.05, 0) is 30.4 Å². The molecule has 0 fully saturated rings. The second kappa shape index (κ2) is 3.57. The van der Waals surface area contributed by atoms with Gasteiger partial charge in [-0.15, -0.1) is 0 Å². The van der Waals surface area contributed by atoms with E-state index in [-0.39, 0.29) is 5.56 Å². The van der Waals surface area contributed by atoms with Crippen LogP contribution in [0.4, 0.5) is 0 Å². The zero-order valence-electron chi connectivity index (χ0n) is 7.85. The van der Waals surface area contributed by atoms with Gasteiger partial charge in [0, 0.05) is 12.3 Å². The molecule has 2 nitrogen and oxygen atoms in total. The lowest BCUT2D eigenvalue weighted by Crippen LogP contribution is -2.08. The summed E-state index contributed by atoms with van der Waals surface area (Å²) < 4.78 is 0. The molecule has 0 spiro atoms. The molecule has 0 saturated carbocycles. The van der Waals surface area contributed by atoms with Gasteiger partial charge >= 0.3 is 0 Å². The van der Waals surface area contributed by atoms with Gasteiger partial charge in [0.1, 0.15) is 0 Å². The Bertz CT molecular complexity index is 312. The number of aryl methyl sites for hydroxylation is 1. The lowest BCUT2D eigenvalue weighted by molar-refractivity contribution is 0.643. The van der Waals surface area contributed by atoms with Crippen LogP contribution in [0.2, 0.25) is 0 Å². The Morgan fingerprint density at radius 1 is 1.50 bits per heavy atom. The van der Waals surface area contributed by atoms with Crippen LogP contribution in [0.15, 0.2) is 17.1 Å². The van der Waals surface area contributed by atoms with E-state index < -0.39 is 0 Å². The van der Waals surface area contributed by atoms with E-state index in [4.69, 9.17) is 0 Å². The molecule has 1 heterocycles. The highest BCUT2D eigenvalue weighted by Gasteiger charge is 2.01. The third-order valence-corrected chi connectivity index (χ3v) is 1.87.